The zero-order chi connectivity index (χ0) is 20.3. The maximum absolute atomic E-state index is 12.9. The van der Waals surface area contributed by atoms with E-state index in [9.17, 15) is 9.35 Å². The third kappa shape index (κ3) is 5.02. The Bertz CT molecular complexity index is 698. The summed E-state index contributed by atoms with van der Waals surface area (Å²) in [4.78, 5) is 12.9. The predicted octanol–water partition coefficient (Wildman–Crippen LogP) is 3.52. The molecule has 0 spiro atoms. The van der Waals surface area contributed by atoms with Gasteiger partial charge in [-0.2, -0.15) is 0 Å². The van der Waals surface area contributed by atoms with E-state index in [1.807, 2.05) is 24.5 Å². The van der Waals surface area contributed by atoms with Gasteiger partial charge in [-0.25, -0.2) is 0 Å². The molecule has 1 fully saturated rings. The number of nitrogens with zero attached hydrogens (tertiary/aromatic N) is 1. The quantitative estimate of drug-likeness (QED) is 0.701. The first-order valence-electron chi connectivity index (χ1n) is 10.9. The fourth-order valence-corrected chi connectivity index (χ4v) is 5.45. The molecular weight excluding hydrogens is 372 g/mol. The molecule has 3 unspecified atom stereocenters. The summed E-state index contributed by atoms with van der Waals surface area (Å²) in [7, 11) is 0. The van der Waals surface area contributed by atoms with Crippen LogP contribution in [-0.2, 0) is 22.5 Å². The lowest BCUT2D eigenvalue weighted by Gasteiger charge is -2.37. The van der Waals surface area contributed by atoms with Crippen LogP contribution in [0.4, 0.5) is 0 Å². The van der Waals surface area contributed by atoms with Crippen LogP contribution in [0.25, 0.3) is 0 Å². The number of rotatable bonds is 7. The molecule has 2 heterocycles. The lowest BCUT2D eigenvalue weighted by molar-refractivity contribution is -0.0103. The topological polar surface area (TPSA) is 66.3 Å². The normalized spacial score (nSPS) is 28.9. The highest BCUT2D eigenvalue weighted by Crippen LogP contribution is 2.32. The van der Waals surface area contributed by atoms with E-state index >= 15 is 0 Å². The minimum atomic E-state index is -1.07. The van der Waals surface area contributed by atoms with Gasteiger partial charge in [-0.05, 0) is 70.3 Å². The molecule has 1 N–H and O–H groups in total. The first kappa shape index (κ1) is 21.9. The molecule has 158 valence electrons. The molecule has 1 aliphatic heterocycles. The summed E-state index contributed by atoms with van der Waals surface area (Å²) in [5.41, 5.74) is 1.87. The molecule has 1 aromatic rings. The molecule has 28 heavy (non-hydrogen) atoms. The second-order valence-electron chi connectivity index (χ2n) is 8.76. The number of aromatic nitrogens is 1. The number of ether oxygens (including phenoxy) is 1. The molecule has 1 saturated carbocycles. The highest BCUT2D eigenvalue weighted by molar-refractivity contribution is 7.89. The molecule has 3 atom stereocenters. The third-order valence-electron chi connectivity index (χ3n) is 6.61. The minimum absolute atomic E-state index is 0.000198. The molecule has 2 aliphatic rings. The van der Waals surface area contributed by atoms with Gasteiger partial charge >= 0.3 is 0 Å². The molecule has 0 bridgehead atoms. The average molecular weight is 409 g/mol. The zero-order valence-corrected chi connectivity index (χ0v) is 18.6. The van der Waals surface area contributed by atoms with E-state index < -0.39 is 11.4 Å². The van der Waals surface area contributed by atoms with Gasteiger partial charge in [0.25, 0.3) is 5.56 Å². The fourth-order valence-electron chi connectivity index (χ4n) is 4.67. The van der Waals surface area contributed by atoms with Gasteiger partial charge in [0.15, 0.2) is 0 Å². The van der Waals surface area contributed by atoms with E-state index in [2.05, 4.69) is 24.6 Å². The van der Waals surface area contributed by atoms with Gasteiger partial charge in [-0.15, -0.1) is 4.72 Å². The van der Waals surface area contributed by atoms with Crippen LogP contribution in [0.2, 0.25) is 0 Å². The van der Waals surface area contributed by atoms with Gasteiger partial charge < -0.3 is 13.9 Å². The number of fused-ring (bicyclic) bond motifs is 1. The van der Waals surface area contributed by atoms with E-state index in [1.165, 1.54) is 12.8 Å². The molecule has 3 rings (SSSR count). The molecule has 5 nitrogen and oxygen atoms in total. The Kier molecular flexibility index (Phi) is 7.65. The van der Waals surface area contributed by atoms with Crippen molar-refractivity contribution in [2.75, 3.05) is 12.4 Å². The lowest BCUT2D eigenvalue weighted by atomic mass is 9.80. The number of hydrogen-bond donors (Lipinski definition) is 1. The maximum Gasteiger partial charge on any atom is 0.254 e. The van der Waals surface area contributed by atoms with Crippen LogP contribution < -0.4 is 10.3 Å². The maximum atomic E-state index is 12.9. The van der Waals surface area contributed by atoms with Crippen molar-refractivity contribution in [2.24, 2.45) is 11.8 Å². The Hall–Kier alpha value is -0.820. The molecule has 1 aromatic heterocycles. The second kappa shape index (κ2) is 9.79. The van der Waals surface area contributed by atoms with Crippen LogP contribution >= 0.6 is 0 Å². The summed E-state index contributed by atoms with van der Waals surface area (Å²) in [5, 5.41) is 0. The van der Waals surface area contributed by atoms with Gasteiger partial charge in [-0.3, -0.25) is 4.79 Å². The predicted molar refractivity (Wildman–Crippen MR) is 115 cm³/mol. The van der Waals surface area contributed by atoms with E-state index in [1.54, 1.807) is 0 Å². The third-order valence-corrected chi connectivity index (χ3v) is 7.70. The minimum Gasteiger partial charge on any atom is -0.598 e. The Morgan fingerprint density at radius 1 is 1.25 bits per heavy atom. The number of hydrogen-bond acceptors (Lipinski definition) is 4. The molecule has 0 amide bonds. The van der Waals surface area contributed by atoms with Gasteiger partial charge in [0, 0.05) is 22.6 Å². The average Bonchev–Trinajstić information content (AvgIpc) is 2.70. The Labute approximate surface area is 172 Å². The summed E-state index contributed by atoms with van der Waals surface area (Å²) in [6.07, 6.45) is 6.63. The number of nitrogens with one attached hydrogen (secondary N) is 1. The second-order valence-corrected chi connectivity index (χ2v) is 10.3. The van der Waals surface area contributed by atoms with Crippen molar-refractivity contribution in [3.05, 3.63) is 33.7 Å². The first-order chi connectivity index (χ1) is 13.4. The SMILES string of the molecule is CC[S+]([O-])NC1CCc2ccc(C)c(=O)n2C1COC1CCC(C(C)C)CC1. The van der Waals surface area contributed by atoms with Gasteiger partial charge in [0.2, 0.25) is 0 Å². The Balaban J connectivity index is 1.73. The van der Waals surface area contributed by atoms with Gasteiger partial charge in [0.1, 0.15) is 5.75 Å². The zero-order valence-electron chi connectivity index (χ0n) is 17.8. The van der Waals surface area contributed by atoms with Crippen molar-refractivity contribution in [1.82, 2.24) is 9.29 Å². The largest absolute Gasteiger partial charge is 0.598 e. The van der Waals surface area contributed by atoms with Crippen molar-refractivity contribution in [3.63, 3.8) is 0 Å². The van der Waals surface area contributed by atoms with Gasteiger partial charge in [0.05, 0.1) is 24.8 Å². The summed E-state index contributed by atoms with van der Waals surface area (Å²) in [6, 6.07) is 3.87. The molecule has 1 aliphatic carbocycles. The van der Waals surface area contributed by atoms with Crippen LogP contribution in [0.5, 0.6) is 0 Å². The molecule has 6 heteroatoms. The summed E-state index contributed by atoms with van der Waals surface area (Å²) < 4.78 is 23.7. The smallest absolute Gasteiger partial charge is 0.254 e. The van der Waals surface area contributed by atoms with Crippen molar-refractivity contribution < 1.29 is 9.29 Å². The highest BCUT2D eigenvalue weighted by Gasteiger charge is 2.34. The van der Waals surface area contributed by atoms with Crippen LogP contribution in [0.15, 0.2) is 16.9 Å². The van der Waals surface area contributed by atoms with Crippen LogP contribution in [0.1, 0.15) is 70.2 Å². The van der Waals surface area contributed by atoms with Crippen LogP contribution in [0.3, 0.4) is 0 Å². The molecule has 0 radical (unpaired) electrons. The summed E-state index contributed by atoms with van der Waals surface area (Å²) >= 11 is -1.07. The monoisotopic (exact) mass is 408 g/mol. The number of pyridine rings is 1. The van der Waals surface area contributed by atoms with Crippen molar-refractivity contribution in [1.29, 1.82) is 0 Å². The van der Waals surface area contributed by atoms with Crippen molar-refractivity contribution in [3.8, 4) is 0 Å². The van der Waals surface area contributed by atoms with E-state index in [0.717, 1.165) is 48.8 Å². The van der Waals surface area contributed by atoms with E-state index in [-0.39, 0.29) is 23.7 Å². The fraction of sp³-hybridized carbons (Fsp3) is 0.773. The molecule has 0 aromatic carbocycles. The van der Waals surface area contributed by atoms with E-state index in [4.69, 9.17) is 4.74 Å². The Morgan fingerprint density at radius 2 is 1.96 bits per heavy atom. The molecule has 0 saturated heterocycles. The van der Waals surface area contributed by atoms with E-state index in [0.29, 0.717) is 12.4 Å². The van der Waals surface area contributed by atoms with Crippen LogP contribution in [0, 0.1) is 18.8 Å². The number of aryl methyl sites for hydroxylation is 2. The standard InChI is InChI=1S/C22H36N2O3S/c1-5-28(26)23-20-13-10-18-9-6-16(4)22(25)24(18)21(20)14-27-19-11-7-17(8-12-19)15(2)3/h6,9,15,17,19-21,23H,5,7-8,10-14H2,1-4H3. The first-order valence-corrected chi connectivity index (χ1v) is 12.2. The Morgan fingerprint density at radius 3 is 2.61 bits per heavy atom. The van der Waals surface area contributed by atoms with Gasteiger partial charge in [-0.1, -0.05) is 19.9 Å². The van der Waals surface area contributed by atoms with Crippen molar-refractivity contribution >= 4 is 11.4 Å². The van der Waals surface area contributed by atoms with Crippen LogP contribution in [-0.4, -0.2) is 33.6 Å². The van der Waals surface area contributed by atoms with Crippen molar-refractivity contribution in [2.45, 2.75) is 84.4 Å². The summed E-state index contributed by atoms with van der Waals surface area (Å²) in [6.45, 7) is 8.90. The lowest BCUT2D eigenvalue weighted by Crippen LogP contribution is -2.50. The highest BCUT2D eigenvalue weighted by atomic mass is 32.2. The summed E-state index contributed by atoms with van der Waals surface area (Å²) in [5.74, 6) is 2.12. The molecular formula is C22H36N2O3S.